The Labute approximate surface area is 252 Å². The molecule has 1 atom stereocenters. The van der Waals surface area contributed by atoms with E-state index in [1.807, 2.05) is 0 Å². The van der Waals surface area contributed by atoms with Crippen LogP contribution >= 0.6 is 11.3 Å². The van der Waals surface area contributed by atoms with Crippen molar-refractivity contribution in [3.63, 3.8) is 0 Å². The average Bonchev–Trinajstić information content (AvgIpc) is 3.55. The van der Waals surface area contributed by atoms with Gasteiger partial charge in [-0.05, 0) is 72.7 Å². The van der Waals surface area contributed by atoms with Gasteiger partial charge in [0, 0.05) is 29.6 Å². The van der Waals surface area contributed by atoms with Crippen LogP contribution in [-0.4, -0.2) is 55.3 Å². The fourth-order valence-corrected chi connectivity index (χ4v) is 6.05. The van der Waals surface area contributed by atoms with Crippen molar-refractivity contribution in [2.24, 2.45) is 0 Å². The van der Waals surface area contributed by atoms with Crippen LogP contribution in [0.4, 0.5) is 4.39 Å². The minimum atomic E-state index is -1.57. The first-order valence-electron chi connectivity index (χ1n) is 13.8. The Morgan fingerprint density at radius 2 is 1.91 bits per heavy atom. The molecule has 3 heterocycles. The molecule has 3 aromatic heterocycles. The molecule has 4 aromatic rings. The molecule has 1 amide bonds. The Morgan fingerprint density at radius 3 is 2.49 bits per heavy atom. The number of aryl methyl sites for hydroxylation is 1. The number of rotatable bonds is 11. The summed E-state index contributed by atoms with van der Waals surface area (Å²) >= 11 is 1.19. The van der Waals surface area contributed by atoms with Crippen molar-refractivity contribution in [3.8, 4) is 10.8 Å². The van der Waals surface area contributed by atoms with Gasteiger partial charge in [0.05, 0.1) is 31.2 Å². The minimum Gasteiger partial charge on any atom is -0.496 e. The molecule has 43 heavy (non-hydrogen) atoms. The predicted octanol–water partition coefficient (Wildman–Crippen LogP) is 3.66. The van der Waals surface area contributed by atoms with Gasteiger partial charge in [0.2, 0.25) is 5.91 Å². The van der Waals surface area contributed by atoms with E-state index in [0.29, 0.717) is 26.7 Å². The molecule has 11 nitrogen and oxygen atoms in total. The molecule has 1 aromatic carbocycles. The standard InChI is InChI=1S/C30H38FN5O6S/c1-17(2)33-27(38)30(6,7)36-24(37)23-18(3)25(35-13-9-12-32-35)43-26(23)34(28(36)39)15-22(42-16-29(4,5)40)20-14-19(31)10-11-21(20)41-8/h9-14,17,22,40H,15-16H2,1-8H3,(H,33,38)/t22-/m0/s1. The third-order valence-corrected chi connectivity index (χ3v) is 8.26. The summed E-state index contributed by atoms with van der Waals surface area (Å²) in [5, 5.41) is 18.4. The van der Waals surface area contributed by atoms with Crippen molar-refractivity contribution in [3.05, 3.63) is 74.4 Å². The number of nitrogens with one attached hydrogen (secondary N) is 1. The monoisotopic (exact) mass is 615 g/mol. The Bertz CT molecular complexity index is 1750. The van der Waals surface area contributed by atoms with E-state index in [0.717, 1.165) is 4.57 Å². The van der Waals surface area contributed by atoms with E-state index in [-0.39, 0.29) is 24.6 Å². The number of amides is 1. The lowest BCUT2D eigenvalue weighted by Crippen LogP contribution is -2.56. The number of aliphatic hydroxyl groups is 1. The Kier molecular flexibility index (Phi) is 9.00. The summed E-state index contributed by atoms with van der Waals surface area (Å²) in [7, 11) is 1.43. The van der Waals surface area contributed by atoms with E-state index in [2.05, 4.69) is 10.4 Å². The van der Waals surface area contributed by atoms with Crippen molar-refractivity contribution < 1.29 is 23.8 Å². The Balaban J connectivity index is 2.04. The zero-order valence-corrected chi connectivity index (χ0v) is 26.4. The molecule has 0 aliphatic rings. The zero-order valence-electron chi connectivity index (χ0n) is 25.6. The van der Waals surface area contributed by atoms with Gasteiger partial charge in [0.15, 0.2) is 0 Å². The van der Waals surface area contributed by atoms with Gasteiger partial charge in [0.25, 0.3) is 5.56 Å². The van der Waals surface area contributed by atoms with E-state index in [9.17, 15) is 23.9 Å². The summed E-state index contributed by atoms with van der Waals surface area (Å²) in [6.07, 6.45) is 2.34. The van der Waals surface area contributed by atoms with Crippen LogP contribution < -0.4 is 21.3 Å². The number of ether oxygens (including phenoxy) is 2. The Morgan fingerprint density at radius 1 is 1.21 bits per heavy atom. The highest BCUT2D eigenvalue weighted by Gasteiger charge is 2.36. The zero-order chi connectivity index (χ0) is 31.9. The van der Waals surface area contributed by atoms with E-state index >= 15 is 0 Å². The van der Waals surface area contributed by atoms with Crippen LogP contribution in [0.15, 0.2) is 46.2 Å². The van der Waals surface area contributed by atoms with Gasteiger partial charge in [-0.3, -0.25) is 14.2 Å². The molecule has 13 heteroatoms. The van der Waals surface area contributed by atoms with Crippen LogP contribution in [0.25, 0.3) is 15.2 Å². The molecule has 4 rings (SSSR count). The first kappa shape index (κ1) is 32.1. The van der Waals surface area contributed by atoms with Crippen LogP contribution in [0, 0.1) is 12.7 Å². The summed E-state index contributed by atoms with van der Waals surface area (Å²) in [4.78, 5) is 42.1. The SMILES string of the molecule is COc1ccc(F)cc1[C@H](Cn1c(=O)n(C(C)(C)C(=O)NC(C)C)c(=O)c2c(C)c(-n3cccn3)sc21)OCC(C)(C)O. The van der Waals surface area contributed by atoms with Crippen molar-refractivity contribution in [1.82, 2.24) is 24.2 Å². The highest BCUT2D eigenvalue weighted by molar-refractivity contribution is 7.21. The molecule has 0 unspecified atom stereocenters. The number of fused-ring (bicyclic) bond motifs is 1. The number of carbonyl (C=O) groups is 1. The molecule has 0 spiro atoms. The number of hydrogen-bond donors (Lipinski definition) is 2. The first-order chi connectivity index (χ1) is 20.1. The van der Waals surface area contributed by atoms with Crippen molar-refractivity contribution in [2.75, 3.05) is 13.7 Å². The number of carbonyl (C=O) groups excluding carboxylic acids is 1. The summed E-state index contributed by atoms with van der Waals surface area (Å²) in [5.41, 5.74) is -3.31. The molecule has 0 aliphatic carbocycles. The first-order valence-corrected chi connectivity index (χ1v) is 14.7. The lowest BCUT2D eigenvalue weighted by molar-refractivity contribution is -0.129. The van der Waals surface area contributed by atoms with Crippen LogP contribution in [-0.2, 0) is 21.6 Å². The topological polar surface area (TPSA) is 130 Å². The van der Waals surface area contributed by atoms with Crippen LogP contribution in [0.3, 0.4) is 0 Å². The second kappa shape index (κ2) is 12.1. The fraction of sp³-hybridized carbons (Fsp3) is 0.467. The predicted molar refractivity (Wildman–Crippen MR) is 163 cm³/mol. The second-order valence-electron chi connectivity index (χ2n) is 11.9. The molecule has 0 saturated heterocycles. The molecule has 0 fully saturated rings. The van der Waals surface area contributed by atoms with Crippen molar-refractivity contribution >= 4 is 27.5 Å². The van der Waals surface area contributed by atoms with Gasteiger partial charge in [-0.2, -0.15) is 5.10 Å². The summed E-state index contributed by atoms with van der Waals surface area (Å²) in [6, 6.07) is 5.46. The van der Waals surface area contributed by atoms with Crippen molar-refractivity contribution in [2.45, 2.75) is 78.3 Å². The van der Waals surface area contributed by atoms with Gasteiger partial charge >= 0.3 is 5.69 Å². The third kappa shape index (κ3) is 6.43. The van der Waals surface area contributed by atoms with Crippen LogP contribution in [0.2, 0.25) is 0 Å². The summed E-state index contributed by atoms with van der Waals surface area (Å²) in [6.45, 7) is 11.1. The van der Waals surface area contributed by atoms with E-state index in [4.69, 9.17) is 9.47 Å². The molecular weight excluding hydrogens is 577 g/mol. The maximum atomic E-state index is 14.5. The maximum Gasteiger partial charge on any atom is 0.333 e. The Hall–Kier alpha value is -3.81. The highest BCUT2D eigenvalue weighted by Crippen LogP contribution is 2.35. The molecule has 0 aliphatic heterocycles. The number of hydrogen-bond acceptors (Lipinski definition) is 8. The molecule has 2 N–H and O–H groups in total. The molecule has 232 valence electrons. The van der Waals surface area contributed by atoms with E-state index in [1.54, 1.807) is 57.8 Å². The maximum absolute atomic E-state index is 14.5. The number of halogens is 1. The van der Waals surface area contributed by atoms with Gasteiger partial charge in [0.1, 0.15) is 33.0 Å². The lowest BCUT2D eigenvalue weighted by atomic mass is 10.0. The van der Waals surface area contributed by atoms with Gasteiger partial charge in [-0.25, -0.2) is 18.4 Å². The normalized spacial score (nSPS) is 13.1. The second-order valence-corrected chi connectivity index (χ2v) is 12.9. The highest BCUT2D eigenvalue weighted by atomic mass is 32.1. The number of benzene rings is 1. The molecular formula is C30H38FN5O6S. The van der Waals surface area contributed by atoms with E-state index in [1.165, 1.54) is 55.1 Å². The van der Waals surface area contributed by atoms with Gasteiger partial charge in [-0.15, -0.1) is 0 Å². The molecule has 0 saturated carbocycles. The number of thiophene rings is 1. The molecule has 0 bridgehead atoms. The van der Waals surface area contributed by atoms with Crippen LogP contribution in [0.5, 0.6) is 5.75 Å². The number of aromatic nitrogens is 4. The van der Waals surface area contributed by atoms with Gasteiger partial charge < -0.3 is 19.9 Å². The van der Waals surface area contributed by atoms with Gasteiger partial charge in [-0.1, -0.05) is 11.3 Å². The number of methoxy groups -OCH3 is 1. The molecule has 0 radical (unpaired) electrons. The quantitative estimate of drug-likeness (QED) is 0.264. The summed E-state index contributed by atoms with van der Waals surface area (Å²) in [5.74, 6) is -0.736. The van der Waals surface area contributed by atoms with Crippen molar-refractivity contribution in [1.29, 1.82) is 0 Å². The van der Waals surface area contributed by atoms with E-state index < -0.39 is 40.2 Å². The summed E-state index contributed by atoms with van der Waals surface area (Å²) < 4.78 is 30.1. The largest absolute Gasteiger partial charge is 0.496 e. The van der Waals surface area contributed by atoms with Crippen LogP contribution in [0.1, 0.15) is 58.8 Å². The number of nitrogens with zero attached hydrogens (tertiary/aromatic N) is 4. The smallest absolute Gasteiger partial charge is 0.333 e. The lowest BCUT2D eigenvalue weighted by Gasteiger charge is -2.29. The third-order valence-electron chi connectivity index (χ3n) is 6.96. The average molecular weight is 616 g/mol. The minimum absolute atomic E-state index is 0.154. The fourth-order valence-electron chi connectivity index (χ4n) is 4.80.